The first-order valence-corrected chi connectivity index (χ1v) is 15.4. The van der Waals surface area contributed by atoms with Crippen molar-refractivity contribution in [2.45, 2.75) is 123 Å². The van der Waals surface area contributed by atoms with Crippen molar-refractivity contribution >= 4 is 13.6 Å². The van der Waals surface area contributed by atoms with E-state index in [1.807, 2.05) is 0 Å². The predicted molar refractivity (Wildman–Crippen MR) is 136 cm³/mol. The summed E-state index contributed by atoms with van der Waals surface area (Å²) >= 11 is 0. The van der Waals surface area contributed by atoms with Crippen LogP contribution in [0.2, 0.25) is 0 Å². The molecule has 7 nitrogen and oxygen atoms in total. The van der Waals surface area contributed by atoms with Crippen molar-refractivity contribution in [2.24, 2.45) is 0 Å². The molecular weight excluding hydrogens is 455 g/mol. The van der Waals surface area contributed by atoms with E-state index in [0.29, 0.717) is 6.61 Å². The van der Waals surface area contributed by atoms with Crippen LogP contribution in [-0.2, 0) is 28.1 Å². The fourth-order valence-corrected chi connectivity index (χ4v) is 4.65. The van der Waals surface area contributed by atoms with E-state index in [2.05, 4.69) is 11.7 Å². The second kappa shape index (κ2) is 24.2. The van der Waals surface area contributed by atoms with E-state index in [4.69, 9.17) is 14.0 Å². The van der Waals surface area contributed by atoms with Gasteiger partial charge < -0.3 is 28.2 Å². The highest BCUT2D eigenvalue weighted by Crippen LogP contribution is 2.36. The molecule has 0 aliphatic rings. The molecule has 0 radical (unpaired) electrons. The summed E-state index contributed by atoms with van der Waals surface area (Å²) in [7, 11) is -2.80. The number of rotatable bonds is 26. The average molecular weight is 508 g/mol. The molecular formula is C26H52O7P-. The topological polar surface area (TPSA) is 94.1 Å². The minimum Gasteiger partial charge on any atom is -0.778 e. The van der Waals surface area contributed by atoms with E-state index in [-0.39, 0.29) is 19.8 Å². The standard InChI is InChI=1S/C26H53O7P/c1-4-6-7-8-9-10-11-12-13-14-15-16-17-18-19-20-21-31-22-25(30-3)23-33-34(28,29)24-26(27)32-5-2/h25H,4-24H2,1-3H3,(H,28,29)/p-1/t25-/m0/s1. The Morgan fingerprint density at radius 1 is 0.765 bits per heavy atom. The lowest BCUT2D eigenvalue weighted by Gasteiger charge is -2.25. The number of unbranched alkanes of at least 4 members (excludes halogenated alkanes) is 15. The van der Waals surface area contributed by atoms with Gasteiger partial charge in [-0.1, -0.05) is 103 Å². The van der Waals surface area contributed by atoms with Gasteiger partial charge in [0, 0.05) is 13.7 Å². The number of methoxy groups -OCH3 is 1. The summed E-state index contributed by atoms with van der Waals surface area (Å²) < 4.78 is 32.1. The number of ether oxygens (including phenoxy) is 3. The van der Waals surface area contributed by atoms with Crippen molar-refractivity contribution in [3.8, 4) is 0 Å². The third-order valence-corrected chi connectivity index (χ3v) is 7.05. The van der Waals surface area contributed by atoms with Crippen molar-refractivity contribution in [3.63, 3.8) is 0 Å². The number of carbonyl (C=O) groups excluding carboxylic acids is 1. The van der Waals surface area contributed by atoms with E-state index in [1.165, 1.54) is 97.0 Å². The van der Waals surface area contributed by atoms with E-state index >= 15 is 0 Å². The first kappa shape index (κ1) is 33.5. The molecule has 0 aliphatic carbocycles. The van der Waals surface area contributed by atoms with Gasteiger partial charge in [0.25, 0.3) is 0 Å². The molecule has 0 saturated heterocycles. The van der Waals surface area contributed by atoms with Crippen LogP contribution < -0.4 is 4.89 Å². The van der Waals surface area contributed by atoms with E-state index < -0.39 is 25.8 Å². The molecule has 0 aromatic carbocycles. The monoisotopic (exact) mass is 507 g/mol. The highest BCUT2D eigenvalue weighted by Gasteiger charge is 2.18. The minimum absolute atomic E-state index is 0.132. The molecule has 0 aliphatic heterocycles. The van der Waals surface area contributed by atoms with Gasteiger partial charge in [-0.05, 0) is 13.3 Å². The van der Waals surface area contributed by atoms with Gasteiger partial charge in [-0.2, -0.15) is 0 Å². The molecule has 0 aromatic rings. The Kier molecular flexibility index (Phi) is 23.9. The zero-order valence-electron chi connectivity index (χ0n) is 22.2. The van der Waals surface area contributed by atoms with Gasteiger partial charge in [-0.25, -0.2) is 0 Å². The Hall–Kier alpha value is -0.460. The molecule has 1 unspecified atom stereocenters. The lowest BCUT2D eigenvalue weighted by molar-refractivity contribution is -0.201. The highest BCUT2D eigenvalue weighted by atomic mass is 31.2. The van der Waals surface area contributed by atoms with Crippen LogP contribution in [0.5, 0.6) is 0 Å². The first-order chi connectivity index (χ1) is 16.4. The molecule has 0 N–H and O–H groups in total. The molecule has 2 atom stereocenters. The molecule has 0 rings (SSSR count). The first-order valence-electron chi connectivity index (χ1n) is 13.7. The minimum atomic E-state index is -4.28. The van der Waals surface area contributed by atoms with Crippen molar-refractivity contribution in [3.05, 3.63) is 0 Å². The molecule has 0 fully saturated rings. The number of hydrogen-bond acceptors (Lipinski definition) is 7. The summed E-state index contributed by atoms with van der Waals surface area (Å²) in [5.74, 6) is -0.811. The maximum Gasteiger partial charge on any atom is 0.314 e. The largest absolute Gasteiger partial charge is 0.778 e. The summed E-state index contributed by atoms with van der Waals surface area (Å²) in [6.45, 7) is 4.73. The smallest absolute Gasteiger partial charge is 0.314 e. The summed E-state index contributed by atoms with van der Waals surface area (Å²) in [5.41, 5.74) is 0. The van der Waals surface area contributed by atoms with Crippen LogP contribution in [0.3, 0.4) is 0 Å². The fourth-order valence-electron chi connectivity index (χ4n) is 3.76. The Morgan fingerprint density at radius 3 is 1.68 bits per heavy atom. The SMILES string of the molecule is CCCCCCCCCCCCCCCCCCOC[C@@H](COP(=O)([O-])CC(=O)OCC)OC. The van der Waals surface area contributed by atoms with Crippen LogP contribution in [0.25, 0.3) is 0 Å². The molecule has 204 valence electrons. The second-order valence-corrected chi connectivity index (χ2v) is 10.9. The summed E-state index contributed by atoms with van der Waals surface area (Å²) in [6, 6.07) is 0. The van der Waals surface area contributed by atoms with Crippen molar-refractivity contribution in [1.29, 1.82) is 0 Å². The fraction of sp³-hybridized carbons (Fsp3) is 0.962. The molecule has 0 saturated carbocycles. The summed E-state index contributed by atoms with van der Waals surface area (Å²) in [4.78, 5) is 23.1. The Labute approximate surface area is 209 Å². The van der Waals surface area contributed by atoms with Crippen LogP contribution in [0.4, 0.5) is 0 Å². The summed E-state index contributed by atoms with van der Waals surface area (Å²) in [5, 5.41) is 0. The Morgan fingerprint density at radius 2 is 1.24 bits per heavy atom. The van der Waals surface area contributed by atoms with Gasteiger partial charge in [0.15, 0.2) is 0 Å². The molecule has 0 bridgehead atoms. The predicted octanol–water partition coefficient (Wildman–Crippen LogP) is 6.41. The lowest BCUT2D eigenvalue weighted by atomic mass is 10.0. The number of hydrogen-bond donors (Lipinski definition) is 0. The van der Waals surface area contributed by atoms with Crippen molar-refractivity contribution in [2.75, 3.05) is 39.7 Å². The van der Waals surface area contributed by atoms with Crippen LogP contribution in [0.1, 0.15) is 117 Å². The van der Waals surface area contributed by atoms with Gasteiger partial charge in [-0.15, -0.1) is 0 Å². The van der Waals surface area contributed by atoms with E-state index in [9.17, 15) is 14.3 Å². The Bertz CT molecular complexity index is 502. The van der Waals surface area contributed by atoms with Crippen LogP contribution >= 0.6 is 7.60 Å². The molecule has 0 spiro atoms. The van der Waals surface area contributed by atoms with Gasteiger partial charge in [0.05, 0.1) is 19.8 Å². The zero-order valence-corrected chi connectivity index (χ0v) is 23.1. The highest BCUT2D eigenvalue weighted by molar-refractivity contribution is 7.52. The van der Waals surface area contributed by atoms with Crippen LogP contribution in [0.15, 0.2) is 0 Å². The maximum atomic E-state index is 11.8. The van der Waals surface area contributed by atoms with E-state index in [1.54, 1.807) is 6.92 Å². The van der Waals surface area contributed by atoms with Gasteiger partial charge in [0.2, 0.25) is 0 Å². The average Bonchev–Trinajstić information content (AvgIpc) is 2.80. The molecule has 34 heavy (non-hydrogen) atoms. The van der Waals surface area contributed by atoms with Crippen molar-refractivity contribution in [1.82, 2.24) is 0 Å². The number of esters is 1. The Balaban J connectivity index is 3.47. The maximum absolute atomic E-state index is 11.8. The van der Waals surface area contributed by atoms with Gasteiger partial charge in [0.1, 0.15) is 19.9 Å². The molecule has 0 amide bonds. The lowest BCUT2D eigenvalue weighted by Crippen LogP contribution is -2.27. The van der Waals surface area contributed by atoms with Crippen molar-refractivity contribution < 1.29 is 33.0 Å². The number of carbonyl (C=O) groups is 1. The van der Waals surface area contributed by atoms with Crippen LogP contribution in [0, 0.1) is 0 Å². The summed E-state index contributed by atoms with van der Waals surface area (Å²) in [6.07, 6.45) is 20.0. The van der Waals surface area contributed by atoms with Crippen LogP contribution in [-0.4, -0.2) is 51.8 Å². The molecule has 0 aromatic heterocycles. The third kappa shape index (κ3) is 23.3. The van der Waals surface area contributed by atoms with Gasteiger partial charge in [-0.3, -0.25) is 4.79 Å². The quantitative estimate of drug-likeness (QED) is 0.0758. The second-order valence-electron chi connectivity index (χ2n) is 9.11. The molecule has 8 heteroatoms. The van der Waals surface area contributed by atoms with E-state index in [0.717, 1.165) is 12.8 Å². The molecule has 0 heterocycles. The third-order valence-electron chi connectivity index (χ3n) is 5.86. The normalized spacial score (nSPS) is 14.1. The zero-order chi connectivity index (χ0) is 25.3. The van der Waals surface area contributed by atoms with Gasteiger partial charge >= 0.3 is 5.97 Å².